The number of aromatic nitrogens is 2. The Morgan fingerprint density at radius 2 is 2.29 bits per heavy atom. The van der Waals surface area contributed by atoms with Gasteiger partial charge in [0.05, 0.1) is 7.11 Å². The molecule has 1 atom stereocenters. The summed E-state index contributed by atoms with van der Waals surface area (Å²) in [5, 5.41) is 3.29. The molecule has 0 aliphatic heterocycles. The minimum atomic E-state index is -0.516. The van der Waals surface area contributed by atoms with Gasteiger partial charge in [-0.05, 0) is 18.9 Å². The van der Waals surface area contributed by atoms with Gasteiger partial charge < -0.3 is 10.1 Å². The Morgan fingerprint density at radius 3 is 2.88 bits per heavy atom. The van der Waals surface area contributed by atoms with E-state index >= 15 is 0 Å². The number of nitrogens with one attached hydrogen (secondary N) is 1. The van der Waals surface area contributed by atoms with Crippen LogP contribution in [0.25, 0.3) is 0 Å². The van der Waals surface area contributed by atoms with Gasteiger partial charge in [-0.1, -0.05) is 20.3 Å². The Labute approximate surface area is 102 Å². The van der Waals surface area contributed by atoms with E-state index in [-0.39, 0.29) is 5.82 Å². The van der Waals surface area contributed by atoms with Crippen molar-refractivity contribution < 1.29 is 9.53 Å². The van der Waals surface area contributed by atoms with E-state index in [1.807, 2.05) is 0 Å². The van der Waals surface area contributed by atoms with Crippen molar-refractivity contribution in [2.45, 2.75) is 39.2 Å². The first-order chi connectivity index (χ1) is 8.21. The van der Waals surface area contributed by atoms with Crippen molar-refractivity contribution in [3.8, 4) is 0 Å². The van der Waals surface area contributed by atoms with Gasteiger partial charge in [0.2, 0.25) is 5.82 Å². The Kier molecular flexibility index (Phi) is 5.39. The molecule has 0 spiro atoms. The van der Waals surface area contributed by atoms with Crippen LogP contribution in [0.2, 0.25) is 0 Å². The molecule has 0 fully saturated rings. The second-order valence-corrected chi connectivity index (χ2v) is 3.80. The first kappa shape index (κ1) is 13.4. The van der Waals surface area contributed by atoms with E-state index in [2.05, 4.69) is 33.9 Å². The van der Waals surface area contributed by atoms with Crippen molar-refractivity contribution in [3.63, 3.8) is 0 Å². The lowest BCUT2D eigenvalue weighted by Gasteiger charge is -2.16. The Hall–Kier alpha value is -1.65. The molecule has 5 nitrogen and oxygen atoms in total. The third-order valence-corrected chi connectivity index (χ3v) is 2.51. The fraction of sp³-hybridized carbons (Fsp3) is 0.583. The van der Waals surface area contributed by atoms with Gasteiger partial charge in [-0.2, -0.15) is 0 Å². The van der Waals surface area contributed by atoms with Crippen LogP contribution in [0.5, 0.6) is 0 Å². The molecule has 94 valence electrons. The van der Waals surface area contributed by atoms with Crippen molar-refractivity contribution in [1.82, 2.24) is 9.97 Å². The van der Waals surface area contributed by atoms with E-state index in [1.54, 1.807) is 12.3 Å². The number of rotatable bonds is 6. The van der Waals surface area contributed by atoms with Gasteiger partial charge in [-0.15, -0.1) is 0 Å². The standard InChI is InChI=1S/C12H19N3O2/c1-4-6-9(5-2)14-10-7-8-13-11(15-10)12(16)17-3/h7-9H,4-6H2,1-3H3,(H,13,14,15). The normalized spacial score (nSPS) is 11.9. The molecule has 0 radical (unpaired) electrons. The van der Waals surface area contributed by atoms with Crippen LogP contribution in [0.3, 0.4) is 0 Å². The number of methoxy groups -OCH3 is 1. The average molecular weight is 237 g/mol. The quantitative estimate of drug-likeness (QED) is 0.769. The summed E-state index contributed by atoms with van der Waals surface area (Å²) in [5.41, 5.74) is 0. The average Bonchev–Trinajstić information content (AvgIpc) is 2.37. The topological polar surface area (TPSA) is 64.1 Å². The predicted molar refractivity (Wildman–Crippen MR) is 66.0 cm³/mol. The Bertz CT molecular complexity index is 369. The molecule has 0 saturated carbocycles. The van der Waals surface area contributed by atoms with Crippen LogP contribution in [0.15, 0.2) is 12.3 Å². The zero-order valence-electron chi connectivity index (χ0n) is 10.6. The lowest BCUT2D eigenvalue weighted by molar-refractivity contribution is 0.0587. The zero-order chi connectivity index (χ0) is 12.7. The van der Waals surface area contributed by atoms with E-state index < -0.39 is 5.97 Å². The van der Waals surface area contributed by atoms with E-state index in [1.165, 1.54) is 7.11 Å². The molecule has 0 aromatic carbocycles. The first-order valence-corrected chi connectivity index (χ1v) is 5.89. The number of hydrogen-bond acceptors (Lipinski definition) is 5. The molecule has 17 heavy (non-hydrogen) atoms. The molecule has 1 aromatic heterocycles. The number of hydrogen-bond donors (Lipinski definition) is 1. The van der Waals surface area contributed by atoms with Crippen LogP contribution >= 0.6 is 0 Å². The van der Waals surface area contributed by atoms with Gasteiger partial charge >= 0.3 is 5.97 Å². The first-order valence-electron chi connectivity index (χ1n) is 5.89. The van der Waals surface area contributed by atoms with Crippen molar-refractivity contribution >= 4 is 11.8 Å². The fourth-order valence-electron chi connectivity index (χ4n) is 1.56. The fourth-order valence-corrected chi connectivity index (χ4v) is 1.56. The van der Waals surface area contributed by atoms with E-state index in [9.17, 15) is 4.79 Å². The summed E-state index contributed by atoms with van der Waals surface area (Å²) in [4.78, 5) is 19.3. The van der Waals surface area contributed by atoms with Crippen LogP contribution in [-0.4, -0.2) is 29.1 Å². The molecule has 1 aromatic rings. The second-order valence-electron chi connectivity index (χ2n) is 3.80. The van der Waals surface area contributed by atoms with E-state index in [0.29, 0.717) is 11.9 Å². The highest BCUT2D eigenvalue weighted by Crippen LogP contribution is 2.10. The summed E-state index contributed by atoms with van der Waals surface area (Å²) in [6.45, 7) is 4.26. The molecule has 1 unspecified atom stereocenters. The number of anilines is 1. The third kappa shape index (κ3) is 4.01. The van der Waals surface area contributed by atoms with E-state index in [4.69, 9.17) is 0 Å². The minimum Gasteiger partial charge on any atom is -0.463 e. The van der Waals surface area contributed by atoms with Gasteiger partial charge in [-0.25, -0.2) is 14.8 Å². The largest absolute Gasteiger partial charge is 0.463 e. The van der Waals surface area contributed by atoms with Crippen LogP contribution in [0, 0.1) is 0 Å². The number of carbonyl (C=O) groups is 1. The Morgan fingerprint density at radius 1 is 1.53 bits per heavy atom. The SMILES string of the molecule is CCCC(CC)Nc1ccnc(C(=O)OC)n1. The smallest absolute Gasteiger partial charge is 0.376 e. The van der Waals surface area contributed by atoms with Crippen LogP contribution in [0.4, 0.5) is 5.82 Å². The maximum atomic E-state index is 11.3. The predicted octanol–water partition coefficient (Wildman–Crippen LogP) is 2.25. The molecule has 0 bridgehead atoms. The van der Waals surface area contributed by atoms with E-state index in [0.717, 1.165) is 19.3 Å². The number of carbonyl (C=O) groups excluding carboxylic acids is 1. The summed E-state index contributed by atoms with van der Waals surface area (Å²) >= 11 is 0. The lowest BCUT2D eigenvalue weighted by Crippen LogP contribution is -2.20. The lowest BCUT2D eigenvalue weighted by atomic mass is 10.1. The molecule has 0 saturated heterocycles. The molecular formula is C12H19N3O2. The third-order valence-electron chi connectivity index (χ3n) is 2.51. The molecule has 0 aliphatic rings. The van der Waals surface area contributed by atoms with Crippen molar-refractivity contribution in [2.75, 3.05) is 12.4 Å². The van der Waals surface area contributed by atoms with Gasteiger partial charge in [-0.3, -0.25) is 0 Å². The van der Waals surface area contributed by atoms with Gasteiger partial charge in [0, 0.05) is 12.2 Å². The van der Waals surface area contributed by atoms with Crippen LogP contribution in [-0.2, 0) is 4.74 Å². The molecule has 0 amide bonds. The molecule has 1 heterocycles. The van der Waals surface area contributed by atoms with Crippen molar-refractivity contribution in [1.29, 1.82) is 0 Å². The highest BCUT2D eigenvalue weighted by atomic mass is 16.5. The Balaban J connectivity index is 2.74. The van der Waals surface area contributed by atoms with Gasteiger partial charge in [0.25, 0.3) is 0 Å². The minimum absolute atomic E-state index is 0.0869. The summed E-state index contributed by atoms with van der Waals surface area (Å²) in [7, 11) is 1.32. The molecule has 1 N–H and O–H groups in total. The maximum Gasteiger partial charge on any atom is 0.376 e. The number of nitrogens with zero attached hydrogens (tertiary/aromatic N) is 2. The summed E-state index contributed by atoms with van der Waals surface area (Å²) < 4.78 is 4.58. The maximum absolute atomic E-state index is 11.3. The summed E-state index contributed by atoms with van der Waals surface area (Å²) in [6.07, 6.45) is 4.76. The summed E-state index contributed by atoms with van der Waals surface area (Å²) in [6, 6.07) is 2.13. The molecule has 5 heteroatoms. The second kappa shape index (κ2) is 6.83. The number of ether oxygens (including phenoxy) is 1. The molecule has 1 rings (SSSR count). The number of esters is 1. The van der Waals surface area contributed by atoms with Gasteiger partial charge in [0.15, 0.2) is 0 Å². The monoisotopic (exact) mass is 237 g/mol. The van der Waals surface area contributed by atoms with Crippen molar-refractivity contribution in [2.24, 2.45) is 0 Å². The van der Waals surface area contributed by atoms with Crippen LogP contribution in [0.1, 0.15) is 43.7 Å². The molecular weight excluding hydrogens is 218 g/mol. The summed E-state index contributed by atoms with van der Waals surface area (Å²) in [5.74, 6) is 0.238. The van der Waals surface area contributed by atoms with Crippen LogP contribution < -0.4 is 5.32 Å². The van der Waals surface area contributed by atoms with Crippen molar-refractivity contribution in [3.05, 3.63) is 18.1 Å². The highest BCUT2D eigenvalue weighted by Gasteiger charge is 2.11. The molecule has 0 aliphatic carbocycles. The van der Waals surface area contributed by atoms with Gasteiger partial charge in [0.1, 0.15) is 5.82 Å². The highest BCUT2D eigenvalue weighted by molar-refractivity contribution is 5.85. The zero-order valence-corrected chi connectivity index (χ0v) is 10.6.